The lowest BCUT2D eigenvalue weighted by molar-refractivity contribution is 0.377. The second-order valence-electron chi connectivity index (χ2n) is 7.15. The van der Waals surface area contributed by atoms with E-state index in [1.165, 1.54) is 12.7 Å². The highest BCUT2D eigenvalue weighted by molar-refractivity contribution is 6.00. The minimum absolute atomic E-state index is 0.234. The molecule has 0 fully saturated rings. The number of para-hydroxylation sites is 1. The summed E-state index contributed by atoms with van der Waals surface area (Å²) in [5, 5.41) is 5.42. The summed E-state index contributed by atoms with van der Waals surface area (Å²) in [5.74, 6) is 0.887. The number of aromatic amines is 1. The maximum absolute atomic E-state index is 5.24. The molecule has 0 aliphatic rings. The van der Waals surface area contributed by atoms with Crippen LogP contribution in [0.15, 0.2) is 29.5 Å². The number of benzene rings is 1. The maximum Gasteiger partial charge on any atom is 0.322 e. The third-order valence-corrected chi connectivity index (χ3v) is 4.45. The molecule has 3 aromatic rings. The topological polar surface area (TPSA) is 91.3 Å². The van der Waals surface area contributed by atoms with Crippen molar-refractivity contribution in [3.05, 3.63) is 35.5 Å². The molecule has 2 N–H and O–H groups in total. The largest absolute Gasteiger partial charge is 0.467 e. The van der Waals surface area contributed by atoms with Crippen LogP contribution in [0, 0.1) is 6.92 Å². The monoisotopic (exact) mass is 381 g/mol. The lowest BCUT2D eigenvalue weighted by atomic mass is 10.1. The van der Waals surface area contributed by atoms with Gasteiger partial charge < -0.3 is 14.6 Å². The van der Waals surface area contributed by atoms with Crippen molar-refractivity contribution >= 4 is 29.0 Å². The Morgan fingerprint density at radius 3 is 2.57 bits per heavy atom. The summed E-state index contributed by atoms with van der Waals surface area (Å²) in [4.78, 5) is 18.5. The molecule has 0 saturated carbocycles. The van der Waals surface area contributed by atoms with Gasteiger partial charge in [0.05, 0.1) is 13.3 Å². The highest BCUT2D eigenvalue weighted by Crippen LogP contribution is 2.21. The van der Waals surface area contributed by atoms with E-state index in [-0.39, 0.29) is 18.1 Å². The maximum atomic E-state index is 5.24. The van der Waals surface area contributed by atoms with Gasteiger partial charge in [-0.3, -0.25) is 0 Å². The molecule has 28 heavy (non-hydrogen) atoms. The number of hydrogen-bond donors (Lipinski definition) is 2. The molecule has 1 aromatic carbocycles. The summed E-state index contributed by atoms with van der Waals surface area (Å²) in [6.07, 6.45) is 3.68. The molecule has 0 radical (unpaired) electrons. The fraction of sp³-hybridized carbons (Fsp3) is 0.400. The standard InChI is InChI=1S/C20H27N7O/c1-12(2)27(13(3)4)19-23-18(24-20(25-19)28-6)26-22-11-15-10-21-17-14(5)8-7-9-16(15)17/h7-13,21H,1-6H3,(H,23,24,25,26)/b22-11+. The van der Waals surface area contributed by atoms with Gasteiger partial charge in [0.1, 0.15) is 0 Å². The lowest BCUT2D eigenvalue weighted by Gasteiger charge is -2.30. The van der Waals surface area contributed by atoms with Crippen LogP contribution in [-0.4, -0.2) is 45.3 Å². The van der Waals surface area contributed by atoms with Crippen LogP contribution >= 0.6 is 0 Å². The van der Waals surface area contributed by atoms with Crippen molar-refractivity contribution in [3.8, 4) is 6.01 Å². The van der Waals surface area contributed by atoms with E-state index in [1.807, 2.05) is 12.3 Å². The number of H-pyrrole nitrogens is 1. The second-order valence-corrected chi connectivity index (χ2v) is 7.15. The van der Waals surface area contributed by atoms with Crippen LogP contribution in [0.1, 0.15) is 38.8 Å². The molecule has 0 amide bonds. The number of fused-ring (bicyclic) bond motifs is 1. The molecule has 2 aromatic heterocycles. The van der Waals surface area contributed by atoms with Crippen LogP contribution < -0.4 is 15.1 Å². The number of anilines is 2. The van der Waals surface area contributed by atoms with Crippen molar-refractivity contribution < 1.29 is 4.74 Å². The van der Waals surface area contributed by atoms with Gasteiger partial charge in [0, 0.05) is 34.7 Å². The minimum atomic E-state index is 0.234. The number of methoxy groups -OCH3 is 1. The van der Waals surface area contributed by atoms with Gasteiger partial charge in [-0.1, -0.05) is 18.2 Å². The lowest BCUT2D eigenvalue weighted by Crippen LogP contribution is -2.38. The van der Waals surface area contributed by atoms with Crippen LogP contribution in [0.25, 0.3) is 10.9 Å². The Labute approximate surface area is 165 Å². The summed E-state index contributed by atoms with van der Waals surface area (Å²) in [6, 6.07) is 6.89. The Morgan fingerprint density at radius 2 is 1.89 bits per heavy atom. The molecule has 2 heterocycles. The summed E-state index contributed by atoms with van der Waals surface area (Å²) in [6.45, 7) is 10.5. The minimum Gasteiger partial charge on any atom is -0.467 e. The van der Waals surface area contributed by atoms with Gasteiger partial charge in [-0.2, -0.15) is 20.1 Å². The predicted molar refractivity (Wildman–Crippen MR) is 113 cm³/mol. The Bertz CT molecular complexity index is 970. The SMILES string of the molecule is COc1nc(N/N=C/c2c[nH]c3c(C)cccc23)nc(N(C(C)C)C(C)C)n1. The summed E-state index contributed by atoms with van der Waals surface area (Å²) >= 11 is 0. The third kappa shape index (κ3) is 4.05. The molecule has 0 saturated heterocycles. The van der Waals surface area contributed by atoms with Crippen LogP contribution in [0.5, 0.6) is 6.01 Å². The number of ether oxygens (including phenoxy) is 1. The highest BCUT2D eigenvalue weighted by Gasteiger charge is 2.19. The summed E-state index contributed by atoms with van der Waals surface area (Å²) in [5.41, 5.74) is 6.18. The van der Waals surface area contributed by atoms with Crippen LogP contribution in [-0.2, 0) is 0 Å². The van der Waals surface area contributed by atoms with Crippen molar-refractivity contribution in [1.29, 1.82) is 0 Å². The molecular weight excluding hydrogens is 354 g/mol. The number of nitrogens with one attached hydrogen (secondary N) is 2. The summed E-state index contributed by atoms with van der Waals surface area (Å²) < 4.78 is 5.24. The molecule has 0 aliphatic heterocycles. The Hall–Kier alpha value is -3.16. The summed E-state index contributed by atoms with van der Waals surface area (Å²) in [7, 11) is 1.54. The van der Waals surface area contributed by atoms with E-state index in [4.69, 9.17) is 4.74 Å². The average molecular weight is 381 g/mol. The van der Waals surface area contributed by atoms with Crippen molar-refractivity contribution in [1.82, 2.24) is 19.9 Å². The van der Waals surface area contributed by atoms with Gasteiger partial charge in [-0.05, 0) is 40.2 Å². The first-order valence-corrected chi connectivity index (χ1v) is 9.35. The molecule has 0 spiro atoms. The number of nitrogens with zero attached hydrogens (tertiary/aromatic N) is 5. The van der Waals surface area contributed by atoms with E-state index in [0.717, 1.165) is 16.5 Å². The van der Waals surface area contributed by atoms with Crippen molar-refractivity contribution in [2.45, 2.75) is 46.7 Å². The number of hydrogen-bond acceptors (Lipinski definition) is 7. The van der Waals surface area contributed by atoms with Crippen molar-refractivity contribution in [2.75, 3.05) is 17.4 Å². The average Bonchev–Trinajstić information content (AvgIpc) is 3.05. The molecule has 8 heteroatoms. The van der Waals surface area contributed by atoms with E-state index in [1.54, 1.807) is 6.21 Å². The quantitative estimate of drug-likeness (QED) is 0.478. The van der Waals surface area contributed by atoms with E-state index < -0.39 is 0 Å². The first-order chi connectivity index (χ1) is 13.4. The molecule has 0 bridgehead atoms. The van der Waals surface area contributed by atoms with Gasteiger partial charge in [-0.15, -0.1) is 0 Å². The normalized spacial score (nSPS) is 11.7. The Kier molecular flexibility index (Phi) is 5.77. The van der Waals surface area contributed by atoms with Crippen LogP contribution in [0.3, 0.4) is 0 Å². The molecule has 0 atom stereocenters. The van der Waals surface area contributed by atoms with E-state index in [0.29, 0.717) is 11.9 Å². The first kappa shape index (κ1) is 19.6. The number of rotatable bonds is 7. The van der Waals surface area contributed by atoms with Gasteiger partial charge in [-0.25, -0.2) is 5.43 Å². The fourth-order valence-electron chi connectivity index (χ4n) is 3.25. The predicted octanol–water partition coefficient (Wildman–Crippen LogP) is 3.74. The first-order valence-electron chi connectivity index (χ1n) is 9.35. The number of aromatic nitrogens is 4. The number of hydrazone groups is 1. The smallest absolute Gasteiger partial charge is 0.322 e. The van der Waals surface area contributed by atoms with Crippen molar-refractivity contribution in [3.63, 3.8) is 0 Å². The van der Waals surface area contributed by atoms with E-state index in [2.05, 4.69) is 82.1 Å². The van der Waals surface area contributed by atoms with Gasteiger partial charge in [0.15, 0.2) is 0 Å². The molecule has 0 aliphatic carbocycles. The van der Waals surface area contributed by atoms with Crippen LogP contribution in [0.4, 0.5) is 11.9 Å². The molecule has 8 nitrogen and oxygen atoms in total. The Morgan fingerprint density at radius 1 is 1.14 bits per heavy atom. The van der Waals surface area contributed by atoms with Crippen LogP contribution in [0.2, 0.25) is 0 Å². The second kappa shape index (κ2) is 8.24. The zero-order valence-corrected chi connectivity index (χ0v) is 17.2. The molecule has 148 valence electrons. The van der Waals surface area contributed by atoms with Gasteiger partial charge in [0.25, 0.3) is 5.95 Å². The zero-order valence-electron chi connectivity index (χ0n) is 17.2. The van der Waals surface area contributed by atoms with Gasteiger partial charge in [0.2, 0.25) is 5.95 Å². The van der Waals surface area contributed by atoms with Gasteiger partial charge >= 0.3 is 6.01 Å². The van der Waals surface area contributed by atoms with E-state index >= 15 is 0 Å². The molecular formula is C20H27N7O. The van der Waals surface area contributed by atoms with Crippen molar-refractivity contribution in [2.24, 2.45) is 5.10 Å². The molecule has 0 unspecified atom stereocenters. The number of aryl methyl sites for hydroxylation is 1. The fourth-order valence-corrected chi connectivity index (χ4v) is 3.25. The Balaban J connectivity index is 1.86. The zero-order chi connectivity index (χ0) is 20.3. The third-order valence-electron chi connectivity index (χ3n) is 4.45. The highest BCUT2D eigenvalue weighted by atomic mass is 16.5. The van der Waals surface area contributed by atoms with E-state index in [9.17, 15) is 0 Å². The molecule has 3 rings (SSSR count).